The summed E-state index contributed by atoms with van der Waals surface area (Å²) < 4.78 is 0. The van der Waals surface area contributed by atoms with Crippen LogP contribution in [0.15, 0.2) is 11.8 Å². The normalized spacial score (nSPS) is 15.4. The number of carbonyl (C=O) groups excluding carboxylic acids is 1. The highest BCUT2D eigenvalue weighted by Crippen LogP contribution is 2.10. The predicted octanol–water partition coefficient (Wildman–Crippen LogP) is 1.64. The molecule has 0 saturated carbocycles. The van der Waals surface area contributed by atoms with Crippen LogP contribution in [0.3, 0.4) is 0 Å². The van der Waals surface area contributed by atoms with Gasteiger partial charge >= 0.3 is 5.97 Å². The molecule has 0 aromatic rings. The molecule has 0 atom stereocenters. The number of amides is 1. The molecular formula is C15H23N3O3. The summed E-state index contributed by atoms with van der Waals surface area (Å²) in [5.74, 6) is -1.14. The first-order valence-electron chi connectivity index (χ1n) is 7.49. The first-order chi connectivity index (χ1) is 10.1. The Bertz CT molecular complexity index is 420. The van der Waals surface area contributed by atoms with Crippen molar-refractivity contribution >= 4 is 11.9 Å². The fourth-order valence-electron chi connectivity index (χ4n) is 2.24. The van der Waals surface area contributed by atoms with Crippen LogP contribution in [-0.4, -0.2) is 41.5 Å². The number of nitriles is 1. The number of likely N-dealkylation sites (tertiary alicyclic amines) is 1. The molecule has 1 amide bonds. The van der Waals surface area contributed by atoms with E-state index in [9.17, 15) is 9.59 Å². The van der Waals surface area contributed by atoms with Crippen molar-refractivity contribution in [3.8, 4) is 6.07 Å². The molecule has 1 aliphatic heterocycles. The summed E-state index contributed by atoms with van der Waals surface area (Å²) in [4.78, 5) is 24.2. The molecule has 0 unspecified atom stereocenters. The fourth-order valence-corrected chi connectivity index (χ4v) is 2.24. The van der Waals surface area contributed by atoms with Gasteiger partial charge in [-0.15, -0.1) is 0 Å². The van der Waals surface area contributed by atoms with Crippen molar-refractivity contribution in [3.63, 3.8) is 0 Å². The predicted molar refractivity (Wildman–Crippen MR) is 78.2 cm³/mol. The number of carboxylic acids is 1. The number of nitrogens with zero attached hydrogens (tertiary/aromatic N) is 2. The van der Waals surface area contributed by atoms with Gasteiger partial charge in [0, 0.05) is 32.3 Å². The van der Waals surface area contributed by atoms with E-state index < -0.39 is 5.97 Å². The van der Waals surface area contributed by atoms with Crippen molar-refractivity contribution in [3.05, 3.63) is 11.8 Å². The second-order valence-electron chi connectivity index (χ2n) is 5.21. The van der Waals surface area contributed by atoms with E-state index in [-0.39, 0.29) is 17.9 Å². The molecule has 1 aliphatic rings. The molecule has 0 spiro atoms. The zero-order chi connectivity index (χ0) is 15.5. The molecule has 116 valence electrons. The average Bonchev–Trinajstić information content (AvgIpc) is 2.48. The zero-order valence-electron chi connectivity index (χ0n) is 12.3. The van der Waals surface area contributed by atoms with Gasteiger partial charge in [-0.05, 0) is 32.1 Å². The summed E-state index contributed by atoms with van der Waals surface area (Å²) in [5, 5.41) is 20.3. The Hall–Kier alpha value is -2.03. The second-order valence-corrected chi connectivity index (χ2v) is 5.21. The Morgan fingerprint density at radius 3 is 2.52 bits per heavy atom. The summed E-state index contributed by atoms with van der Waals surface area (Å²) in [6.07, 6.45) is 7.30. The Labute approximate surface area is 125 Å². The third kappa shape index (κ3) is 7.35. The van der Waals surface area contributed by atoms with Crippen LogP contribution in [0.2, 0.25) is 0 Å². The third-order valence-corrected chi connectivity index (χ3v) is 3.42. The molecule has 0 aromatic heterocycles. The maximum Gasteiger partial charge on any atom is 0.303 e. The Morgan fingerprint density at radius 2 is 1.90 bits per heavy atom. The fraction of sp³-hybridized carbons (Fsp3) is 0.667. The van der Waals surface area contributed by atoms with E-state index in [1.54, 1.807) is 6.20 Å². The van der Waals surface area contributed by atoms with Crippen molar-refractivity contribution < 1.29 is 14.7 Å². The highest BCUT2D eigenvalue weighted by Gasteiger charge is 2.12. The lowest BCUT2D eigenvalue weighted by molar-refractivity contribution is -0.137. The van der Waals surface area contributed by atoms with Gasteiger partial charge in [0.1, 0.15) is 11.6 Å². The van der Waals surface area contributed by atoms with Gasteiger partial charge in [0.15, 0.2) is 0 Å². The number of carboxylic acid groups (broad SMARTS) is 1. The van der Waals surface area contributed by atoms with E-state index in [0.717, 1.165) is 38.8 Å². The number of carbonyl (C=O) groups is 2. The van der Waals surface area contributed by atoms with Gasteiger partial charge < -0.3 is 15.3 Å². The van der Waals surface area contributed by atoms with Crippen LogP contribution in [0.4, 0.5) is 0 Å². The number of hydrogen-bond donors (Lipinski definition) is 2. The zero-order valence-corrected chi connectivity index (χ0v) is 12.3. The molecule has 21 heavy (non-hydrogen) atoms. The standard InChI is InChI=1S/C15H23N3O3/c16-11-13(12-18-9-5-2-6-10-18)15(21)17-8-4-1-3-7-14(19)20/h12H,1-10H2,(H,17,21)(H,19,20)/b13-12-. The Balaban J connectivity index is 2.26. The van der Waals surface area contributed by atoms with Gasteiger partial charge in [0.2, 0.25) is 0 Å². The largest absolute Gasteiger partial charge is 0.481 e. The lowest BCUT2D eigenvalue weighted by atomic mass is 10.1. The van der Waals surface area contributed by atoms with Crippen LogP contribution in [0.1, 0.15) is 44.9 Å². The van der Waals surface area contributed by atoms with Crippen LogP contribution in [0.5, 0.6) is 0 Å². The minimum absolute atomic E-state index is 0.141. The van der Waals surface area contributed by atoms with E-state index >= 15 is 0 Å². The quantitative estimate of drug-likeness (QED) is 0.403. The molecule has 1 rings (SSSR count). The first-order valence-corrected chi connectivity index (χ1v) is 7.49. The lowest BCUT2D eigenvalue weighted by Gasteiger charge is -2.25. The van der Waals surface area contributed by atoms with Crippen LogP contribution < -0.4 is 5.32 Å². The van der Waals surface area contributed by atoms with E-state index in [2.05, 4.69) is 5.32 Å². The highest BCUT2D eigenvalue weighted by molar-refractivity contribution is 5.97. The summed E-state index contributed by atoms with van der Waals surface area (Å²) in [7, 11) is 0. The minimum Gasteiger partial charge on any atom is -0.481 e. The summed E-state index contributed by atoms with van der Waals surface area (Å²) in [6, 6.07) is 1.95. The first kappa shape index (κ1) is 17.0. The third-order valence-electron chi connectivity index (χ3n) is 3.42. The SMILES string of the molecule is N#C/C(=C/N1CCCCC1)C(=O)NCCCCCC(=O)O. The number of aliphatic carboxylic acids is 1. The maximum absolute atomic E-state index is 11.9. The van der Waals surface area contributed by atoms with Crippen LogP contribution >= 0.6 is 0 Å². The Kier molecular flexibility index (Phi) is 7.95. The van der Waals surface area contributed by atoms with Crippen molar-refractivity contribution in [1.29, 1.82) is 5.26 Å². The van der Waals surface area contributed by atoms with E-state index in [4.69, 9.17) is 10.4 Å². The van der Waals surface area contributed by atoms with Crippen LogP contribution in [0, 0.1) is 11.3 Å². The molecule has 1 heterocycles. The van der Waals surface area contributed by atoms with Crippen molar-refractivity contribution in [2.75, 3.05) is 19.6 Å². The molecular weight excluding hydrogens is 270 g/mol. The molecule has 0 aliphatic carbocycles. The van der Waals surface area contributed by atoms with Gasteiger partial charge in [-0.2, -0.15) is 5.26 Å². The summed E-state index contributed by atoms with van der Waals surface area (Å²) in [6.45, 7) is 2.26. The van der Waals surface area contributed by atoms with Gasteiger partial charge in [-0.25, -0.2) is 0 Å². The van der Waals surface area contributed by atoms with Gasteiger partial charge in [0.05, 0.1) is 0 Å². The van der Waals surface area contributed by atoms with E-state index in [1.165, 1.54) is 6.42 Å². The maximum atomic E-state index is 11.9. The average molecular weight is 293 g/mol. The smallest absolute Gasteiger partial charge is 0.303 e. The Morgan fingerprint density at radius 1 is 1.19 bits per heavy atom. The number of unbranched alkanes of at least 4 members (excludes halogenated alkanes) is 2. The second kappa shape index (κ2) is 9.81. The molecule has 1 fully saturated rings. The van der Waals surface area contributed by atoms with Crippen molar-refractivity contribution in [1.82, 2.24) is 10.2 Å². The van der Waals surface area contributed by atoms with Gasteiger partial charge in [0.25, 0.3) is 5.91 Å². The molecule has 0 aromatic carbocycles. The number of rotatable bonds is 8. The minimum atomic E-state index is -0.796. The summed E-state index contributed by atoms with van der Waals surface area (Å²) >= 11 is 0. The van der Waals surface area contributed by atoms with Gasteiger partial charge in [-0.1, -0.05) is 6.42 Å². The molecule has 0 radical (unpaired) electrons. The van der Waals surface area contributed by atoms with Crippen LogP contribution in [0.25, 0.3) is 0 Å². The molecule has 6 heteroatoms. The van der Waals surface area contributed by atoms with E-state index in [0.29, 0.717) is 13.0 Å². The van der Waals surface area contributed by atoms with Crippen LogP contribution in [-0.2, 0) is 9.59 Å². The van der Waals surface area contributed by atoms with Crippen molar-refractivity contribution in [2.24, 2.45) is 0 Å². The topological polar surface area (TPSA) is 93.4 Å². The number of hydrogen-bond acceptors (Lipinski definition) is 4. The van der Waals surface area contributed by atoms with Gasteiger partial charge in [-0.3, -0.25) is 9.59 Å². The number of piperidine rings is 1. The molecule has 0 bridgehead atoms. The molecule has 1 saturated heterocycles. The van der Waals surface area contributed by atoms with Crippen molar-refractivity contribution in [2.45, 2.75) is 44.9 Å². The van der Waals surface area contributed by atoms with E-state index in [1.807, 2.05) is 11.0 Å². The monoisotopic (exact) mass is 293 g/mol. The lowest BCUT2D eigenvalue weighted by Crippen LogP contribution is -2.29. The highest BCUT2D eigenvalue weighted by atomic mass is 16.4. The molecule has 6 nitrogen and oxygen atoms in total. The number of nitrogens with one attached hydrogen (secondary N) is 1. The summed E-state index contributed by atoms with van der Waals surface area (Å²) in [5.41, 5.74) is 0.141. The molecule has 2 N–H and O–H groups in total.